The molecule has 0 aromatic heterocycles. The van der Waals surface area contributed by atoms with Gasteiger partial charge in [0, 0.05) is 35.3 Å². The third-order valence-electron chi connectivity index (χ3n) is 9.15. The van der Waals surface area contributed by atoms with Crippen molar-refractivity contribution < 1.29 is 14.4 Å². The molecule has 0 saturated heterocycles. The van der Waals surface area contributed by atoms with Gasteiger partial charge >= 0.3 is 0 Å². The molecule has 6 heteroatoms. The van der Waals surface area contributed by atoms with E-state index in [0.717, 1.165) is 64.2 Å². The molecule has 0 bridgehead atoms. The van der Waals surface area contributed by atoms with Crippen molar-refractivity contribution in [2.75, 3.05) is 16.0 Å². The number of hydrogen-bond donors (Lipinski definition) is 3. The van der Waals surface area contributed by atoms with Crippen molar-refractivity contribution in [2.24, 2.45) is 34.5 Å². The van der Waals surface area contributed by atoms with Crippen LogP contribution in [0, 0.1) is 34.5 Å². The van der Waals surface area contributed by atoms with E-state index in [-0.39, 0.29) is 40.4 Å². The highest BCUT2D eigenvalue weighted by molar-refractivity contribution is 5.98. The molecule has 2 aliphatic carbocycles. The predicted octanol–water partition coefficient (Wildman–Crippen LogP) is 8.40. The SMILES string of the molecule is CCCCC(=O)Nc1cc(NC(=O)[C@H]2CC[C@@H](C(C)(C)C)CC2)cc(NC(=O)[C@H]2CC[C@@H](C(C)(C)C)CC2)c1. The first-order chi connectivity index (χ1) is 18.3. The van der Waals surface area contributed by atoms with Crippen molar-refractivity contribution in [1.29, 1.82) is 0 Å². The lowest BCUT2D eigenvalue weighted by Gasteiger charge is -2.36. The number of nitrogens with one attached hydrogen (secondary N) is 3. The molecule has 0 heterocycles. The highest BCUT2D eigenvalue weighted by Crippen LogP contribution is 2.41. The Morgan fingerprint density at radius 1 is 0.641 bits per heavy atom. The molecule has 2 saturated carbocycles. The van der Waals surface area contributed by atoms with Gasteiger partial charge in [0.2, 0.25) is 17.7 Å². The van der Waals surface area contributed by atoms with Gasteiger partial charge < -0.3 is 16.0 Å². The summed E-state index contributed by atoms with van der Waals surface area (Å²) in [5.41, 5.74) is 2.35. The third-order valence-corrected chi connectivity index (χ3v) is 9.15. The van der Waals surface area contributed by atoms with E-state index in [1.807, 2.05) is 6.07 Å². The van der Waals surface area contributed by atoms with Gasteiger partial charge in [-0.05, 0) is 98.7 Å². The number of anilines is 3. The van der Waals surface area contributed by atoms with E-state index in [1.54, 1.807) is 12.1 Å². The van der Waals surface area contributed by atoms with Crippen molar-refractivity contribution in [1.82, 2.24) is 0 Å². The number of hydrogen-bond acceptors (Lipinski definition) is 3. The zero-order valence-electron chi connectivity index (χ0n) is 25.5. The van der Waals surface area contributed by atoms with Crippen LogP contribution in [0.4, 0.5) is 17.1 Å². The zero-order chi connectivity index (χ0) is 28.8. The van der Waals surface area contributed by atoms with Crippen LogP contribution in [0.2, 0.25) is 0 Å². The zero-order valence-corrected chi connectivity index (χ0v) is 25.5. The molecule has 1 aromatic rings. The second-order valence-corrected chi connectivity index (χ2v) is 14.3. The molecular formula is C33H53N3O3. The summed E-state index contributed by atoms with van der Waals surface area (Å²) in [4.78, 5) is 38.9. The first-order valence-corrected chi connectivity index (χ1v) is 15.3. The number of carbonyl (C=O) groups is 3. The summed E-state index contributed by atoms with van der Waals surface area (Å²) in [6.45, 7) is 15.7. The largest absolute Gasteiger partial charge is 0.326 e. The molecule has 0 aliphatic heterocycles. The second-order valence-electron chi connectivity index (χ2n) is 14.3. The van der Waals surface area contributed by atoms with E-state index in [2.05, 4.69) is 64.4 Å². The van der Waals surface area contributed by atoms with Crippen molar-refractivity contribution in [3.05, 3.63) is 18.2 Å². The Labute approximate surface area is 236 Å². The monoisotopic (exact) mass is 539 g/mol. The van der Waals surface area contributed by atoms with Crippen LogP contribution in [0.25, 0.3) is 0 Å². The molecule has 6 nitrogen and oxygen atoms in total. The molecule has 3 rings (SSSR count). The minimum absolute atomic E-state index is 0.0116. The lowest BCUT2D eigenvalue weighted by molar-refractivity contribution is -0.122. The molecular weight excluding hydrogens is 486 g/mol. The second kappa shape index (κ2) is 13.3. The highest BCUT2D eigenvalue weighted by atomic mass is 16.2. The van der Waals surface area contributed by atoms with Gasteiger partial charge in [-0.15, -0.1) is 0 Å². The summed E-state index contributed by atoms with van der Waals surface area (Å²) in [5.74, 6) is 1.25. The molecule has 2 fully saturated rings. The van der Waals surface area contributed by atoms with Crippen molar-refractivity contribution >= 4 is 34.8 Å². The Kier molecular flexibility index (Phi) is 10.6. The normalized spacial score (nSPS) is 24.1. The van der Waals surface area contributed by atoms with Crippen LogP contribution in [0.3, 0.4) is 0 Å². The fraction of sp³-hybridized carbons (Fsp3) is 0.727. The summed E-state index contributed by atoms with van der Waals surface area (Å²) >= 11 is 0. The molecule has 218 valence electrons. The summed E-state index contributed by atoms with van der Waals surface area (Å²) in [5, 5.41) is 9.16. The first kappa shape index (κ1) is 31.2. The average Bonchev–Trinajstić information content (AvgIpc) is 2.86. The van der Waals surface area contributed by atoms with Crippen LogP contribution in [0.5, 0.6) is 0 Å². The Balaban J connectivity index is 1.69. The number of benzene rings is 1. The fourth-order valence-corrected chi connectivity index (χ4v) is 6.34. The standard InChI is InChI=1S/C33H53N3O3/c1-8-9-10-29(37)34-26-19-27(35-30(38)22-11-15-24(16-12-22)32(2,3)4)21-28(20-26)36-31(39)23-13-17-25(18-14-23)33(5,6)7/h19-25H,8-18H2,1-7H3,(H,34,37)(H,35,38)(H,36,39)/t22-,23-,24+,25+. The molecule has 0 unspecified atom stereocenters. The number of amides is 3. The van der Waals surface area contributed by atoms with Gasteiger partial charge in [-0.1, -0.05) is 54.9 Å². The maximum atomic E-state index is 13.2. The quantitative estimate of drug-likeness (QED) is 0.310. The summed E-state index contributed by atoms with van der Waals surface area (Å²) in [6, 6.07) is 5.42. The molecule has 0 spiro atoms. The van der Waals surface area contributed by atoms with Gasteiger partial charge in [-0.25, -0.2) is 0 Å². The van der Waals surface area contributed by atoms with Crippen LogP contribution >= 0.6 is 0 Å². The number of rotatable bonds is 8. The van der Waals surface area contributed by atoms with E-state index in [0.29, 0.717) is 35.3 Å². The topological polar surface area (TPSA) is 87.3 Å². The predicted molar refractivity (Wildman–Crippen MR) is 162 cm³/mol. The van der Waals surface area contributed by atoms with Gasteiger partial charge in [-0.2, -0.15) is 0 Å². The van der Waals surface area contributed by atoms with Crippen molar-refractivity contribution in [3.8, 4) is 0 Å². The maximum Gasteiger partial charge on any atom is 0.227 e. The van der Waals surface area contributed by atoms with E-state index < -0.39 is 0 Å². The summed E-state index contributed by atoms with van der Waals surface area (Å²) in [7, 11) is 0. The fourth-order valence-electron chi connectivity index (χ4n) is 6.34. The van der Waals surface area contributed by atoms with Gasteiger partial charge in [0.15, 0.2) is 0 Å². The van der Waals surface area contributed by atoms with Crippen LogP contribution < -0.4 is 16.0 Å². The maximum absolute atomic E-state index is 13.2. The van der Waals surface area contributed by atoms with Gasteiger partial charge in [0.1, 0.15) is 0 Å². The summed E-state index contributed by atoms with van der Waals surface area (Å²) < 4.78 is 0. The molecule has 39 heavy (non-hydrogen) atoms. The van der Waals surface area contributed by atoms with Crippen LogP contribution in [0.15, 0.2) is 18.2 Å². The summed E-state index contributed by atoms with van der Waals surface area (Å²) in [6.07, 6.45) is 10.0. The Morgan fingerprint density at radius 3 is 1.33 bits per heavy atom. The van der Waals surface area contributed by atoms with Crippen molar-refractivity contribution in [3.63, 3.8) is 0 Å². The molecule has 2 aliphatic rings. The van der Waals surface area contributed by atoms with E-state index in [1.165, 1.54) is 0 Å². The lowest BCUT2D eigenvalue weighted by Crippen LogP contribution is -2.32. The van der Waals surface area contributed by atoms with Crippen LogP contribution in [0.1, 0.15) is 119 Å². The minimum Gasteiger partial charge on any atom is -0.326 e. The number of unbranched alkanes of at least 4 members (excludes halogenated alkanes) is 1. The number of carbonyl (C=O) groups excluding carboxylic acids is 3. The Hall–Kier alpha value is -2.37. The molecule has 0 atom stereocenters. The van der Waals surface area contributed by atoms with Crippen LogP contribution in [-0.4, -0.2) is 17.7 Å². The van der Waals surface area contributed by atoms with Gasteiger partial charge in [0.05, 0.1) is 0 Å². The third kappa shape index (κ3) is 9.36. The van der Waals surface area contributed by atoms with Gasteiger partial charge in [0.25, 0.3) is 0 Å². The van der Waals surface area contributed by atoms with Gasteiger partial charge in [-0.3, -0.25) is 14.4 Å². The van der Waals surface area contributed by atoms with E-state index in [9.17, 15) is 14.4 Å². The lowest BCUT2D eigenvalue weighted by atomic mass is 9.69. The first-order valence-electron chi connectivity index (χ1n) is 15.3. The van der Waals surface area contributed by atoms with Crippen LogP contribution in [-0.2, 0) is 14.4 Å². The molecule has 1 aromatic carbocycles. The van der Waals surface area contributed by atoms with E-state index >= 15 is 0 Å². The minimum atomic E-state index is -0.0568. The molecule has 0 radical (unpaired) electrons. The Bertz CT molecular complexity index is 922. The highest BCUT2D eigenvalue weighted by Gasteiger charge is 2.33. The smallest absolute Gasteiger partial charge is 0.227 e. The van der Waals surface area contributed by atoms with E-state index in [4.69, 9.17) is 0 Å². The van der Waals surface area contributed by atoms with Crippen molar-refractivity contribution in [2.45, 2.75) is 119 Å². The molecule has 3 amide bonds. The Morgan fingerprint density at radius 2 is 1.00 bits per heavy atom. The average molecular weight is 540 g/mol. The molecule has 3 N–H and O–H groups in total.